The second-order valence-electron chi connectivity index (χ2n) is 5.64. The van der Waals surface area contributed by atoms with Gasteiger partial charge >= 0.3 is 0 Å². The van der Waals surface area contributed by atoms with E-state index >= 15 is 0 Å². The number of hydrogen-bond acceptors (Lipinski definition) is 4. The third-order valence-electron chi connectivity index (χ3n) is 2.56. The summed E-state index contributed by atoms with van der Waals surface area (Å²) in [5, 5.41) is 24.9. The van der Waals surface area contributed by atoms with Crippen molar-refractivity contribution in [3.63, 3.8) is 0 Å². The zero-order valence-corrected chi connectivity index (χ0v) is 11.8. The van der Waals surface area contributed by atoms with Gasteiger partial charge in [-0.25, -0.2) is 0 Å². The summed E-state index contributed by atoms with van der Waals surface area (Å²) in [6.45, 7) is 7.70. The van der Waals surface area contributed by atoms with Gasteiger partial charge in [0.15, 0.2) is 0 Å². The zero-order valence-electron chi connectivity index (χ0n) is 11.8. The number of amides is 1. The van der Waals surface area contributed by atoms with E-state index in [1.54, 1.807) is 0 Å². The number of carbonyl (C=O) groups excluding carboxylic acids is 1. The molecule has 1 amide bonds. The number of phenols is 2. The van der Waals surface area contributed by atoms with Gasteiger partial charge in [-0.3, -0.25) is 4.79 Å². The molecular weight excluding hydrogens is 244 g/mol. The number of aromatic hydroxyl groups is 2. The molecule has 1 atom stereocenters. The summed E-state index contributed by atoms with van der Waals surface area (Å²) in [4.78, 5) is 11.7. The van der Waals surface area contributed by atoms with Crippen LogP contribution in [0.2, 0.25) is 0 Å². The summed E-state index contributed by atoms with van der Waals surface area (Å²) < 4.78 is 0. The van der Waals surface area contributed by atoms with Gasteiger partial charge in [0.1, 0.15) is 11.5 Å². The van der Waals surface area contributed by atoms with Crippen molar-refractivity contribution in [2.45, 2.75) is 39.3 Å². The number of benzene rings is 1. The molecule has 0 saturated heterocycles. The first kappa shape index (κ1) is 15.3. The molecular formula is C14H22N2O3. The van der Waals surface area contributed by atoms with E-state index in [4.69, 9.17) is 0 Å². The molecule has 0 fully saturated rings. The van der Waals surface area contributed by atoms with Gasteiger partial charge in [-0.15, -0.1) is 0 Å². The lowest BCUT2D eigenvalue weighted by molar-refractivity contribution is -0.121. The van der Waals surface area contributed by atoms with Crippen molar-refractivity contribution < 1.29 is 15.0 Å². The molecule has 0 bridgehead atoms. The Morgan fingerprint density at radius 2 is 1.95 bits per heavy atom. The van der Waals surface area contributed by atoms with Crippen molar-refractivity contribution in [2.24, 2.45) is 0 Å². The Kier molecular flexibility index (Phi) is 4.78. The van der Waals surface area contributed by atoms with E-state index in [-0.39, 0.29) is 35.5 Å². The van der Waals surface area contributed by atoms with Crippen molar-refractivity contribution in [2.75, 3.05) is 6.54 Å². The summed E-state index contributed by atoms with van der Waals surface area (Å²) in [5.74, 6) is 0.0635. The minimum atomic E-state index is -0.269. The Morgan fingerprint density at radius 1 is 1.32 bits per heavy atom. The molecule has 1 rings (SSSR count). The average Bonchev–Trinajstić information content (AvgIpc) is 2.27. The van der Waals surface area contributed by atoms with Crippen molar-refractivity contribution in [1.29, 1.82) is 0 Å². The lowest BCUT2D eigenvalue weighted by atomic mass is 10.1. The smallest absolute Gasteiger partial charge is 0.234 e. The van der Waals surface area contributed by atoms with Crippen LogP contribution in [0.25, 0.3) is 0 Å². The monoisotopic (exact) mass is 266 g/mol. The highest BCUT2D eigenvalue weighted by Gasteiger charge is 2.16. The number of nitrogens with one attached hydrogen (secondary N) is 2. The fourth-order valence-electron chi connectivity index (χ4n) is 1.71. The summed E-state index contributed by atoms with van der Waals surface area (Å²) in [5.41, 5.74) is 0.290. The highest BCUT2D eigenvalue weighted by Crippen LogP contribution is 2.27. The van der Waals surface area contributed by atoms with Crippen LogP contribution in [0.1, 0.15) is 39.3 Å². The minimum absolute atomic E-state index is 0.0839. The maximum atomic E-state index is 11.7. The highest BCUT2D eigenvalue weighted by atomic mass is 16.3. The topological polar surface area (TPSA) is 81.6 Å². The van der Waals surface area contributed by atoms with E-state index < -0.39 is 0 Å². The maximum absolute atomic E-state index is 11.7. The fourth-order valence-corrected chi connectivity index (χ4v) is 1.71. The second kappa shape index (κ2) is 5.93. The SMILES string of the molecule is CC(NCC(=O)NC(C)(C)C)c1cc(O)ccc1O. The normalized spacial score (nSPS) is 13.1. The Hall–Kier alpha value is -1.75. The van der Waals surface area contributed by atoms with E-state index in [1.807, 2.05) is 27.7 Å². The molecule has 5 heteroatoms. The van der Waals surface area contributed by atoms with Crippen LogP contribution < -0.4 is 10.6 Å². The molecule has 0 spiro atoms. The Balaban J connectivity index is 2.58. The van der Waals surface area contributed by atoms with Crippen molar-refractivity contribution >= 4 is 5.91 Å². The lowest BCUT2D eigenvalue weighted by Gasteiger charge is -2.22. The van der Waals surface area contributed by atoms with Gasteiger partial charge in [0.05, 0.1) is 6.54 Å². The summed E-state index contributed by atoms with van der Waals surface area (Å²) in [6, 6.07) is 4.09. The van der Waals surface area contributed by atoms with Crippen LogP contribution in [0.3, 0.4) is 0 Å². The first-order valence-electron chi connectivity index (χ1n) is 6.25. The molecule has 0 aliphatic heterocycles. The van der Waals surface area contributed by atoms with Crippen LogP contribution in [0.4, 0.5) is 0 Å². The van der Waals surface area contributed by atoms with Crippen LogP contribution in [0, 0.1) is 0 Å². The van der Waals surface area contributed by atoms with Gasteiger partial charge < -0.3 is 20.8 Å². The van der Waals surface area contributed by atoms with Crippen LogP contribution in [0.15, 0.2) is 18.2 Å². The maximum Gasteiger partial charge on any atom is 0.234 e. The van der Waals surface area contributed by atoms with Gasteiger partial charge in [0, 0.05) is 17.1 Å². The number of carbonyl (C=O) groups is 1. The predicted octanol–water partition coefficient (Wildman–Crippen LogP) is 1.66. The van der Waals surface area contributed by atoms with Gasteiger partial charge in [-0.2, -0.15) is 0 Å². The zero-order chi connectivity index (χ0) is 14.6. The molecule has 0 aliphatic rings. The van der Waals surface area contributed by atoms with Crippen molar-refractivity contribution in [3.05, 3.63) is 23.8 Å². The van der Waals surface area contributed by atoms with Crippen molar-refractivity contribution in [3.8, 4) is 11.5 Å². The lowest BCUT2D eigenvalue weighted by Crippen LogP contribution is -2.45. The van der Waals surface area contributed by atoms with Crippen LogP contribution in [-0.4, -0.2) is 28.2 Å². The molecule has 1 unspecified atom stereocenters. The van der Waals surface area contributed by atoms with E-state index in [2.05, 4.69) is 10.6 Å². The van der Waals surface area contributed by atoms with Crippen molar-refractivity contribution in [1.82, 2.24) is 10.6 Å². The number of phenolic OH excluding ortho intramolecular Hbond substituents is 2. The van der Waals surface area contributed by atoms with Gasteiger partial charge in [-0.1, -0.05) is 0 Å². The van der Waals surface area contributed by atoms with Gasteiger partial charge in [0.25, 0.3) is 0 Å². The molecule has 0 aliphatic carbocycles. The van der Waals surface area contributed by atoms with E-state index in [0.29, 0.717) is 5.56 Å². The Morgan fingerprint density at radius 3 is 2.53 bits per heavy atom. The van der Waals surface area contributed by atoms with E-state index in [0.717, 1.165) is 0 Å². The molecule has 5 nitrogen and oxygen atoms in total. The molecule has 106 valence electrons. The molecule has 4 N–H and O–H groups in total. The molecule has 19 heavy (non-hydrogen) atoms. The number of hydrogen-bond donors (Lipinski definition) is 4. The molecule has 1 aromatic rings. The van der Waals surface area contributed by atoms with Crippen LogP contribution in [-0.2, 0) is 4.79 Å². The molecule has 0 saturated carbocycles. The molecule has 0 aromatic heterocycles. The quantitative estimate of drug-likeness (QED) is 0.625. The van der Waals surface area contributed by atoms with Crippen LogP contribution in [0.5, 0.6) is 11.5 Å². The summed E-state index contributed by atoms with van der Waals surface area (Å²) in [6.07, 6.45) is 0. The second-order valence-corrected chi connectivity index (χ2v) is 5.64. The first-order valence-corrected chi connectivity index (χ1v) is 6.25. The molecule has 1 aromatic carbocycles. The van der Waals surface area contributed by atoms with Crippen LogP contribution >= 0.6 is 0 Å². The van der Waals surface area contributed by atoms with Gasteiger partial charge in [-0.05, 0) is 45.9 Å². The van der Waals surface area contributed by atoms with Gasteiger partial charge in [0.2, 0.25) is 5.91 Å². The summed E-state index contributed by atoms with van der Waals surface area (Å²) in [7, 11) is 0. The predicted molar refractivity (Wildman–Crippen MR) is 74.1 cm³/mol. The fraction of sp³-hybridized carbons (Fsp3) is 0.500. The summed E-state index contributed by atoms with van der Waals surface area (Å²) >= 11 is 0. The molecule has 0 heterocycles. The largest absolute Gasteiger partial charge is 0.508 e. The van der Waals surface area contributed by atoms with E-state index in [9.17, 15) is 15.0 Å². The third-order valence-corrected chi connectivity index (χ3v) is 2.56. The highest BCUT2D eigenvalue weighted by molar-refractivity contribution is 5.78. The Labute approximate surface area is 113 Å². The number of rotatable bonds is 4. The third kappa shape index (κ3) is 5.18. The standard InChI is InChI=1S/C14H22N2O3/c1-9(11-7-10(17)5-6-12(11)18)15-8-13(19)16-14(2,3)4/h5-7,9,15,17-18H,8H2,1-4H3,(H,16,19). The Bertz CT molecular complexity index is 452. The minimum Gasteiger partial charge on any atom is -0.508 e. The first-order chi connectivity index (χ1) is 8.69. The molecule has 0 radical (unpaired) electrons. The van der Waals surface area contributed by atoms with E-state index in [1.165, 1.54) is 18.2 Å². The average molecular weight is 266 g/mol.